The van der Waals surface area contributed by atoms with Crippen LogP contribution in [0.15, 0.2) is 0 Å². The number of hydrogen-bond acceptors (Lipinski definition) is 4. The van der Waals surface area contributed by atoms with E-state index in [9.17, 15) is 4.79 Å². The van der Waals surface area contributed by atoms with Gasteiger partial charge < -0.3 is 20.9 Å². The van der Waals surface area contributed by atoms with Crippen LogP contribution in [0.4, 0.5) is 0 Å². The van der Waals surface area contributed by atoms with Crippen LogP contribution in [0, 0.1) is 0 Å². The molecule has 5 nitrogen and oxygen atoms in total. The monoisotopic (exact) mass is 270 g/mol. The summed E-state index contributed by atoms with van der Waals surface area (Å²) in [6.07, 6.45) is 4.28. The molecule has 3 N–H and O–H groups in total. The molecule has 1 atom stereocenters. The molecule has 1 amide bonds. The highest BCUT2D eigenvalue weighted by molar-refractivity contribution is 5.79. The molecule has 1 aliphatic rings. The Morgan fingerprint density at radius 3 is 2.53 bits per heavy atom. The molecular formula is C14H30N4O. The normalized spacial score (nSPS) is 19.8. The maximum absolute atomic E-state index is 11.4. The quantitative estimate of drug-likeness (QED) is 0.664. The highest BCUT2D eigenvalue weighted by Crippen LogP contribution is 2.14. The van der Waals surface area contributed by atoms with E-state index in [1.807, 2.05) is 0 Å². The average molecular weight is 270 g/mol. The Hall–Kier alpha value is -0.650. The van der Waals surface area contributed by atoms with E-state index in [0.29, 0.717) is 6.04 Å². The number of rotatable bonds is 8. The van der Waals surface area contributed by atoms with Crippen molar-refractivity contribution in [2.45, 2.75) is 44.7 Å². The number of piperidine rings is 1. The third kappa shape index (κ3) is 5.89. The first-order chi connectivity index (χ1) is 9.04. The Labute approximate surface area is 117 Å². The van der Waals surface area contributed by atoms with E-state index < -0.39 is 0 Å². The molecule has 0 aliphatic carbocycles. The number of nitrogens with zero attached hydrogens (tertiary/aromatic N) is 2. The third-order valence-corrected chi connectivity index (χ3v) is 4.01. The topological polar surface area (TPSA) is 61.6 Å². The Morgan fingerprint density at radius 2 is 2.05 bits per heavy atom. The SMILES string of the molecule is CCCNC(CCN1CCC(N(C)C)CC1)C(N)=O. The van der Waals surface area contributed by atoms with Crippen LogP contribution in [0.3, 0.4) is 0 Å². The molecule has 1 heterocycles. The minimum atomic E-state index is -0.225. The lowest BCUT2D eigenvalue weighted by molar-refractivity contribution is -0.120. The van der Waals surface area contributed by atoms with Gasteiger partial charge in [0.25, 0.3) is 0 Å². The molecule has 1 aliphatic heterocycles. The number of nitrogens with two attached hydrogens (primary N) is 1. The lowest BCUT2D eigenvalue weighted by Gasteiger charge is -2.35. The van der Waals surface area contributed by atoms with E-state index in [-0.39, 0.29) is 11.9 Å². The molecule has 1 unspecified atom stereocenters. The minimum Gasteiger partial charge on any atom is -0.368 e. The van der Waals surface area contributed by atoms with Crippen molar-refractivity contribution in [2.24, 2.45) is 5.73 Å². The minimum absolute atomic E-state index is 0.175. The molecule has 5 heteroatoms. The van der Waals surface area contributed by atoms with Crippen LogP contribution in [0.25, 0.3) is 0 Å². The van der Waals surface area contributed by atoms with Gasteiger partial charge in [0, 0.05) is 12.6 Å². The number of carbonyl (C=O) groups excluding carboxylic acids is 1. The molecule has 0 bridgehead atoms. The average Bonchev–Trinajstić information content (AvgIpc) is 2.39. The van der Waals surface area contributed by atoms with Gasteiger partial charge in [-0.15, -0.1) is 0 Å². The maximum atomic E-state index is 11.4. The van der Waals surface area contributed by atoms with Gasteiger partial charge in [-0.05, 0) is 59.4 Å². The fraction of sp³-hybridized carbons (Fsp3) is 0.929. The molecule has 1 fully saturated rings. The molecule has 0 spiro atoms. The first-order valence-corrected chi connectivity index (χ1v) is 7.46. The molecule has 0 radical (unpaired) electrons. The van der Waals surface area contributed by atoms with Crippen LogP contribution in [0.2, 0.25) is 0 Å². The van der Waals surface area contributed by atoms with Gasteiger partial charge in [-0.1, -0.05) is 6.92 Å². The molecule has 0 aromatic heterocycles. The summed E-state index contributed by atoms with van der Waals surface area (Å²) in [5.74, 6) is -0.225. The molecule has 0 aromatic carbocycles. The summed E-state index contributed by atoms with van der Waals surface area (Å²) in [6, 6.07) is 0.535. The van der Waals surface area contributed by atoms with Crippen LogP contribution < -0.4 is 11.1 Å². The van der Waals surface area contributed by atoms with Gasteiger partial charge in [0.15, 0.2) is 0 Å². The Balaban J connectivity index is 2.26. The standard InChI is InChI=1S/C14H30N4O/c1-4-8-16-13(14(15)19)7-11-18-9-5-12(6-10-18)17(2)3/h12-13,16H,4-11H2,1-3H3,(H2,15,19). The van der Waals surface area contributed by atoms with Crippen LogP contribution in [-0.4, -0.2) is 68.1 Å². The van der Waals surface area contributed by atoms with Crippen molar-refractivity contribution in [3.05, 3.63) is 0 Å². The van der Waals surface area contributed by atoms with Crippen molar-refractivity contribution in [3.8, 4) is 0 Å². The number of nitrogens with one attached hydrogen (secondary N) is 1. The second-order valence-corrected chi connectivity index (χ2v) is 5.73. The summed E-state index contributed by atoms with van der Waals surface area (Å²) in [7, 11) is 4.30. The van der Waals surface area contributed by atoms with Gasteiger partial charge >= 0.3 is 0 Å². The smallest absolute Gasteiger partial charge is 0.234 e. The molecule has 112 valence electrons. The van der Waals surface area contributed by atoms with Gasteiger partial charge in [-0.2, -0.15) is 0 Å². The zero-order valence-corrected chi connectivity index (χ0v) is 12.7. The Morgan fingerprint density at radius 1 is 1.42 bits per heavy atom. The van der Waals surface area contributed by atoms with Crippen LogP contribution in [0.5, 0.6) is 0 Å². The second kappa shape index (κ2) is 8.51. The number of primary amides is 1. The van der Waals surface area contributed by atoms with Crippen molar-refractivity contribution in [2.75, 3.05) is 40.3 Å². The summed E-state index contributed by atoms with van der Waals surface area (Å²) in [5, 5.41) is 3.23. The Bertz CT molecular complexity index is 262. The van der Waals surface area contributed by atoms with E-state index >= 15 is 0 Å². The van der Waals surface area contributed by atoms with E-state index in [2.05, 4.69) is 36.1 Å². The van der Waals surface area contributed by atoms with E-state index in [1.165, 1.54) is 12.8 Å². The zero-order chi connectivity index (χ0) is 14.3. The van der Waals surface area contributed by atoms with Gasteiger partial charge in [-0.25, -0.2) is 0 Å². The Kier molecular flexibility index (Phi) is 7.34. The fourth-order valence-electron chi connectivity index (χ4n) is 2.63. The van der Waals surface area contributed by atoms with Crippen LogP contribution in [-0.2, 0) is 4.79 Å². The number of amides is 1. The summed E-state index contributed by atoms with van der Waals surface area (Å²) >= 11 is 0. The van der Waals surface area contributed by atoms with E-state index in [1.54, 1.807) is 0 Å². The molecule has 0 saturated carbocycles. The third-order valence-electron chi connectivity index (χ3n) is 4.01. The van der Waals surface area contributed by atoms with Gasteiger partial charge in [0.2, 0.25) is 5.91 Å². The largest absolute Gasteiger partial charge is 0.368 e. The predicted octanol–water partition coefficient (Wildman–Crippen LogP) is 0.256. The summed E-state index contributed by atoms with van der Waals surface area (Å²) < 4.78 is 0. The fourth-order valence-corrected chi connectivity index (χ4v) is 2.63. The molecule has 1 rings (SSSR count). The van der Waals surface area contributed by atoms with Gasteiger partial charge in [0.1, 0.15) is 0 Å². The lowest BCUT2D eigenvalue weighted by Crippen LogP contribution is -2.46. The molecule has 0 aromatic rings. The number of hydrogen-bond donors (Lipinski definition) is 2. The summed E-state index contributed by atoms with van der Waals surface area (Å²) in [5.41, 5.74) is 5.43. The van der Waals surface area contributed by atoms with Crippen molar-refractivity contribution in [1.29, 1.82) is 0 Å². The predicted molar refractivity (Wildman–Crippen MR) is 79.0 cm³/mol. The van der Waals surface area contributed by atoms with Gasteiger partial charge in [0.05, 0.1) is 6.04 Å². The molecule has 1 saturated heterocycles. The number of carbonyl (C=O) groups is 1. The molecule has 19 heavy (non-hydrogen) atoms. The molecular weight excluding hydrogens is 240 g/mol. The highest BCUT2D eigenvalue weighted by Gasteiger charge is 2.22. The van der Waals surface area contributed by atoms with Crippen molar-refractivity contribution in [1.82, 2.24) is 15.1 Å². The van der Waals surface area contributed by atoms with Crippen LogP contribution in [0.1, 0.15) is 32.6 Å². The van der Waals surface area contributed by atoms with Crippen molar-refractivity contribution >= 4 is 5.91 Å². The zero-order valence-electron chi connectivity index (χ0n) is 12.7. The van der Waals surface area contributed by atoms with Crippen molar-refractivity contribution < 1.29 is 4.79 Å². The summed E-state index contributed by atoms with van der Waals surface area (Å²) in [6.45, 7) is 6.17. The number of likely N-dealkylation sites (tertiary alicyclic amines) is 1. The first kappa shape index (κ1) is 16.4. The highest BCUT2D eigenvalue weighted by atomic mass is 16.1. The second-order valence-electron chi connectivity index (χ2n) is 5.73. The maximum Gasteiger partial charge on any atom is 0.234 e. The van der Waals surface area contributed by atoms with Gasteiger partial charge in [-0.3, -0.25) is 4.79 Å². The van der Waals surface area contributed by atoms with E-state index in [0.717, 1.165) is 39.0 Å². The summed E-state index contributed by atoms with van der Waals surface area (Å²) in [4.78, 5) is 16.1. The lowest BCUT2D eigenvalue weighted by atomic mass is 10.0. The first-order valence-electron chi connectivity index (χ1n) is 7.46. The van der Waals surface area contributed by atoms with Crippen molar-refractivity contribution in [3.63, 3.8) is 0 Å². The van der Waals surface area contributed by atoms with E-state index in [4.69, 9.17) is 5.73 Å². The van der Waals surface area contributed by atoms with Crippen LogP contribution >= 0.6 is 0 Å².